The van der Waals surface area contributed by atoms with Gasteiger partial charge in [0.1, 0.15) is 0 Å². The quantitative estimate of drug-likeness (QED) is 0.507. The number of aromatic nitrogens is 1. The molecule has 7 nitrogen and oxygen atoms in total. The predicted molar refractivity (Wildman–Crippen MR) is 110 cm³/mol. The second-order valence-corrected chi connectivity index (χ2v) is 7.14. The van der Waals surface area contributed by atoms with Gasteiger partial charge in [-0.05, 0) is 23.8 Å². The molecule has 0 unspecified atom stereocenters. The molecule has 0 aliphatic heterocycles. The molecule has 0 bridgehead atoms. The Kier molecular flexibility index (Phi) is 6.10. The number of hydrogen-bond acceptors (Lipinski definition) is 3. The molecule has 0 fully saturated rings. The van der Waals surface area contributed by atoms with Crippen LogP contribution in [0, 0.1) is 0 Å². The Morgan fingerprint density at radius 3 is 2.34 bits per heavy atom. The summed E-state index contributed by atoms with van der Waals surface area (Å²) >= 11 is 12.0. The molecule has 0 radical (unpaired) electrons. The Hall–Kier alpha value is -3.03. The Bertz CT molecular complexity index is 1120. The van der Waals surface area contributed by atoms with E-state index < -0.39 is 17.8 Å². The topological polar surface area (TPSA) is 109 Å². The largest absolute Gasteiger partial charge is 0.481 e. The van der Waals surface area contributed by atoms with E-state index in [4.69, 9.17) is 28.3 Å². The molecular formula is C20H16Cl2N2O5. The number of aliphatic carboxylic acids is 1. The number of amides is 1. The normalized spacial score (nSPS) is 10.8. The van der Waals surface area contributed by atoms with Gasteiger partial charge in [0, 0.05) is 18.4 Å². The van der Waals surface area contributed by atoms with Crippen LogP contribution in [-0.4, -0.2) is 32.6 Å². The van der Waals surface area contributed by atoms with Gasteiger partial charge < -0.3 is 20.1 Å². The van der Waals surface area contributed by atoms with Crippen molar-refractivity contribution in [1.82, 2.24) is 4.57 Å². The lowest BCUT2D eigenvalue weighted by Crippen LogP contribution is -2.17. The molecule has 1 aromatic heterocycles. The van der Waals surface area contributed by atoms with Crippen LogP contribution in [0.3, 0.4) is 0 Å². The van der Waals surface area contributed by atoms with E-state index in [0.29, 0.717) is 20.9 Å². The van der Waals surface area contributed by atoms with E-state index in [1.165, 1.54) is 0 Å². The number of fused-ring (bicyclic) bond motifs is 1. The van der Waals surface area contributed by atoms with Gasteiger partial charge in [0.15, 0.2) is 5.69 Å². The molecule has 150 valence electrons. The van der Waals surface area contributed by atoms with Gasteiger partial charge in [-0.2, -0.15) is 0 Å². The number of carbonyl (C=O) groups is 3. The maximum absolute atomic E-state index is 12.2. The third-order valence-corrected chi connectivity index (χ3v) is 5.07. The number of carbonyl (C=O) groups excluding carboxylic acids is 1. The molecule has 1 heterocycles. The van der Waals surface area contributed by atoms with E-state index in [2.05, 4.69) is 5.32 Å². The Morgan fingerprint density at radius 2 is 1.69 bits per heavy atom. The van der Waals surface area contributed by atoms with Crippen LogP contribution in [0.1, 0.15) is 28.9 Å². The number of hydrogen-bond donors (Lipinski definition) is 3. The summed E-state index contributed by atoms with van der Waals surface area (Å²) in [5.41, 5.74) is 1.35. The van der Waals surface area contributed by atoms with Crippen molar-refractivity contribution in [2.24, 2.45) is 0 Å². The van der Waals surface area contributed by atoms with Gasteiger partial charge in [0.2, 0.25) is 5.91 Å². The summed E-state index contributed by atoms with van der Waals surface area (Å²) in [7, 11) is 0. The molecule has 0 atom stereocenters. The van der Waals surface area contributed by atoms with Crippen LogP contribution in [0.25, 0.3) is 10.9 Å². The Labute approximate surface area is 175 Å². The molecule has 1 amide bonds. The number of nitrogens with one attached hydrogen (secondary N) is 1. The first-order valence-electron chi connectivity index (χ1n) is 8.58. The van der Waals surface area contributed by atoms with E-state index in [9.17, 15) is 19.5 Å². The van der Waals surface area contributed by atoms with E-state index in [0.717, 1.165) is 5.56 Å². The third kappa shape index (κ3) is 4.52. The Morgan fingerprint density at radius 1 is 0.966 bits per heavy atom. The number of carboxylic acids is 2. The molecule has 9 heteroatoms. The molecule has 3 N–H and O–H groups in total. The van der Waals surface area contributed by atoms with Crippen LogP contribution in [0.15, 0.2) is 42.5 Å². The van der Waals surface area contributed by atoms with Gasteiger partial charge in [-0.1, -0.05) is 47.5 Å². The highest BCUT2D eigenvalue weighted by atomic mass is 35.5. The van der Waals surface area contributed by atoms with Crippen molar-refractivity contribution in [3.8, 4) is 0 Å². The summed E-state index contributed by atoms with van der Waals surface area (Å²) in [5.74, 6) is -2.91. The molecule has 0 aliphatic carbocycles. The zero-order valence-corrected chi connectivity index (χ0v) is 16.5. The number of benzene rings is 2. The summed E-state index contributed by atoms with van der Waals surface area (Å²) in [5, 5.41) is 22.4. The number of halogens is 2. The molecule has 0 aliphatic rings. The Balaban J connectivity index is 2.08. The molecular weight excluding hydrogens is 419 g/mol. The molecule has 0 saturated carbocycles. The lowest BCUT2D eigenvalue weighted by Gasteiger charge is -2.10. The van der Waals surface area contributed by atoms with E-state index in [-0.39, 0.29) is 30.8 Å². The van der Waals surface area contributed by atoms with Gasteiger partial charge in [0.05, 0.1) is 27.7 Å². The van der Waals surface area contributed by atoms with Crippen LogP contribution < -0.4 is 5.32 Å². The van der Waals surface area contributed by atoms with Crippen molar-refractivity contribution in [2.75, 3.05) is 5.32 Å². The van der Waals surface area contributed by atoms with Crippen LogP contribution in [0.5, 0.6) is 0 Å². The SMILES string of the molecule is O=C(O)CCC(=O)Nc1c(C(=O)O)n(Cc2ccc(Cl)c(Cl)c2)c2ccccc12. The van der Waals surface area contributed by atoms with Crippen LogP contribution in [0.2, 0.25) is 10.0 Å². The number of carboxylic acid groups (broad SMARTS) is 2. The van der Waals surface area contributed by atoms with Crippen molar-refractivity contribution in [3.63, 3.8) is 0 Å². The zero-order valence-electron chi connectivity index (χ0n) is 15.0. The van der Waals surface area contributed by atoms with Gasteiger partial charge in [0.25, 0.3) is 0 Å². The van der Waals surface area contributed by atoms with Crippen molar-refractivity contribution in [1.29, 1.82) is 0 Å². The molecule has 3 aromatic rings. The fourth-order valence-corrected chi connectivity index (χ4v) is 3.38. The van der Waals surface area contributed by atoms with Crippen molar-refractivity contribution >= 4 is 57.6 Å². The number of aromatic carboxylic acids is 1. The van der Waals surface area contributed by atoms with Gasteiger partial charge in [-0.25, -0.2) is 4.79 Å². The van der Waals surface area contributed by atoms with Crippen LogP contribution in [-0.2, 0) is 16.1 Å². The summed E-state index contributed by atoms with van der Waals surface area (Å²) in [6, 6.07) is 11.9. The number of nitrogens with zero attached hydrogens (tertiary/aromatic N) is 1. The molecule has 2 aromatic carbocycles. The van der Waals surface area contributed by atoms with Crippen LogP contribution in [0.4, 0.5) is 5.69 Å². The van der Waals surface area contributed by atoms with E-state index >= 15 is 0 Å². The van der Waals surface area contributed by atoms with Crippen LogP contribution >= 0.6 is 23.2 Å². The lowest BCUT2D eigenvalue weighted by atomic mass is 10.2. The van der Waals surface area contributed by atoms with Gasteiger partial charge in [-0.15, -0.1) is 0 Å². The fraction of sp³-hybridized carbons (Fsp3) is 0.150. The molecule has 0 saturated heterocycles. The fourth-order valence-electron chi connectivity index (χ4n) is 3.06. The van der Waals surface area contributed by atoms with E-state index in [1.807, 2.05) is 0 Å². The molecule has 0 spiro atoms. The first-order valence-corrected chi connectivity index (χ1v) is 9.33. The first kappa shape index (κ1) is 20.7. The lowest BCUT2D eigenvalue weighted by molar-refractivity contribution is -0.138. The zero-order chi connectivity index (χ0) is 21.1. The van der Waals surface area contributed by atoms with Gasteiger partial charge in [-0.3, -0.25) is 9.59 Å². The monoisotopic (exact) mass is 434 g/mol. The highest BCUT2D eigenvalue weighted by molar-refractivity contribution is 6.42. The highest BCUT2D eigenvalue weighted by Gasteiger charge is 2.24. The highest BCUT2D eigenvalue weighted by Crippen LogP contribution is 2.33. The number of anilines is 1. The summed E-state index contributed by atoms with van der Waals surface area (Å²) in [6.07, 6.45) is -0.614. The van der Waals surface area contributed by atoms with Crippen molar-refractivity contribution in [3.05, 3.63) is 63.8 Å². The first-order chi connectivity index (χ1) is 13.8. The summed E-state index contributed by atoms with van der Waals surface area (Å²) < 4.78 is 1.56. The maximum atomic E-state index is 12.2. The molecule has 29 heavy (non-hydrogen) atoms. The average Bonchev–Trinajstić information content (AvgIpc) is 2.97. The summed E-state index contributed by atoms with van der Waals surface area (Å²) in [4.78, 5) is 34.9. The molecule has 3 rings (SSSR count). The van der Waals surface area contributed by atoms with Crippen molar-refractivity contribution < 1.29 is 24.6 Å². The number of rotatable bonds is 7. The average molecular weight is 435 g/mol. The van der Waals surface area contributed by atoms with Crippen molar-refractivity contribution in [2.45, 2.75) is 19.4 Å². The second-order valence-electron chi connectivity index (χ2n) is 6.32. The minimum Gasteiger partial charge on any atom is -0.481 e. The second kappa shape index (κ2) is 8.55. The standard InChI is InChI=1S/C20H16Cl2N2O5/c21-13-6-5-11(9-14(13)22)10-24-15-4-2-1-3-12(15)18(19(24)20(28)29)23-16(25)7-8-17(26)27/h1-6,9H,7-8,10H2,(H,23,25)(H,26,27)(H,28,29). The smallest absolute Gasteiger partial charge is 0.354 e. The third-order valence-electron chi connectivity index (χ3n) is 4.33. The minimum atomic E-state index is -1.23. The minimum absolute atomic E-state index is 0.110. The van der Waals surface area contributed by atoms with E-state index in [1.54, 1.807) is 47.0 Å². The van der Waals surface area contributed by atoms with Gasteiger partial charge >= 0.3 is 11.9 Å². The number of para-hydroxylation sites is 1. The summed E-state index contributed by atoms with van der Waals surface area (Å²) in [6.45, 7) is 0.185. The maximum Gasteiger partial charge on any atom is 0.354 e. The predicted octanol–water partition coefficient (Wildman–Crippen LogP) is 4.50.